The lowest BCUT2D eigenvalue weighted by Gasteiger charge is -2.14. The third-order valence-corrected chi connectivity index (χ3v) is 4.29. The van der Waals surface area contributed by atoms with Crippen LogP contribution in [0.15, 0.2) is 21.3 Å². The lowest BCUT2D eigenvalue weighted by Crippen LogP contribution is -2.15. The molecule has 0 saturated carbocycles. The number of amides is 1. The van der Waals surface area contributed by atoms with Crippen LogP contribution in [0.25, 0.3) is 5.84 Å². The Morgan fingerprint density at radius 2 is 2.32 bits per heavy atom. The fourth-order valence-corrected chi connectivity index (χ4v) is 3.12. The van der Waals surface area contributed by atoms with E-state index in [1.807, 2.05) is 5.38 Å². The van der Waals surface area contributed by atoms with Crippen LogP contribution in [0.5, 0.6) is 0 Å². The molecule has 3 aromatic rings. The minimum Gasteiger partial charge on any atom is -0.396 e. The lowest BCUT2D eigenvalue weighted by molar-refractivity contribution is -0.113. The third-order valence-electron chi connectivity index (χ3n) is 2.71. The highest BCUT2D eigenvalue weighted by Crippen LogP contribution is 2.26. The summed E-state index contributed by atoms with van der Waals surface area (Å²) in [5, 5.41) is 17.1. The van der Waals surface area contributed by atoms with Crippen molar-refractivity contribution < 1.29 is 9.21 Å². The Morgan fingerprint density at radius 1 is 1.50 bits per heavy atom. The molecule has 116 valence electrons. The molecule has 0 aliphatic rings. The number of rotatable bonds is 4. The van der Waals surface area contributed by atoms with E-state index in [0.29, 0.717) is 16.2 Å². The summed E-state index contributed by atoms with van der Waals surface area (Å²) in [5.74, 6) is 0.327. The number of carbonyl (C=O) groups is 1. The Labute approximate surface area is 134 Å². The first-order chi connectivity index (χ1) is 10.4. The first-order valence-electron chi connectivity index (χ1n) is 6.47. The van der Waals surface area contributed by atoms with Crippen molar-refractivity contribution in [2.24, 2.45) is 0 Å². The molecule has 3 aromatic heterocycles. The molecule has 0 fully saturated rings. The van der Waals surface area contributed by atoms with Crippen molar-refractivity contribution in [3.05, 3.63) is 17.4 Å². The van der Waals surface area contributed by atoms with Crippen molar-refractivity contribution >= 4 is 40.0 Å². The van der Waals surface area contributed by atoms with Crippen LogP contribution in [0.3, 0.4) is 0 Å². The monoisotopic (exact) mass is 338 g/mol. The second-order valence-corrected chi connectivity index (χ2v) is 7.34. The fraction of sp³-hybridized carbons (Fsp3) is 0.417. The Hall–Kier alpha value is -1.94. The van der Waals surface area contributed by atoms with Crippen molar-refractivity contribution in [1.82, 2.24) is 24.8 Å². The highest BCUT2D eigenvalue weighted by atomic mass is 32.2. The second kappa shape index (κ2) is 5.69. The van der Waals surface area contributed by atoms with Gasteiger partial charge in [-0.2, -0.15) is 4.52 Å². The van der Waals surface area contributed by atoms with E-state index in [-0.39, 0.29) is 17.1 Å². The molecular formula is C12H14N6O2S2. The van der Waals surface area contributed by atoms with Gasteiger partial charge in [-0.3, -0.25) is 4.79 Å². The van der Waals surface area contributed by atoms with Gasteiger partial charge in [0.2, 0.25) is 5.91 Å². The predicted octanol–water partition coefficient (Wildman–Crippen LogP) is 2.20. The average Bonchev–Trinajstić information content (AvgIpc) is 3.09. The lowest BCUT2D eigenvalue weighted by atomic mass is 9.93. The third kappa shape index (κ3) is 3.28. The highest BCUT2D eigenvalue weighted by molar-refractivity contribution is 7.99. The zero-order valence-electron chi connectivity index (χ0n) is 12.2. The quantitative estimate of drug-likeness (QED) is 0.728. The molecule has 8 nitrogen and oxygen atoms in total. The van der Waals surface area contributed by atoms with Crippen molar-refractivity contribution in [1.29, 1.82) is 0 Å². The molecule has 0 bridgehead atoms. The van der Waals surface area contributed by atoms with Crippen LogP contribution in [0, 0.1) is 0 Å². The molecule has 0 aliphatic heterocycles. The van der Waals surface area contributed by atoms with Crippen LogP contribution in [-0.4, -0.2) is 36.5 Å². The Bertz CT molecular complexity index is 771. The molecule has 0 aromatic carbocycles. The number of thiazole rings is 1. The zero-order valence-corrected chi connectivity index (χ0v) is 13.9. The minimum atomic E-state index is -0.159. The number of thioether (sulfide) groups is 1. The molecule has 1 amide bonds. The van der Waals surface area contributed by atoms with E-state index in [2.05, 4.69) is 46.4 Å². The summed E-state index contributed by atoms with van der Waals surface area (Å²) in [7, 11) is 0. The molecule has 3 rings (SSSR count). The van der Waals surface area contributed by atoms with Crippen LogP contribution in [-0.2, 0) is 10.2 Å². The number of nitrogens with zero attached hydrogens (tertiary/aromatic N) is 5. The molecule has 22 heavy (non-hydrogen) atoms. The highest BCUT2D eigenvalue weighted by Gasteiger charge is 2.18. The maximum absolute atomic E-state index is 11.9. The molecule has 0 spiro atoms. The van der Waals surface area contributed by atoms with Gasteiger partial charge in [-0.05, 0) is 0 Å². The van der Waals surface area contributed by atoms with E-state index in [0.717, 1.165) is 5.69 Å². The van der Waals surface area contributed by atoms with Gasteiger partial charge in [0, 0.05) is 10.8 Å². The van der Waals surface area contributed by atoms with Crippen molar-refractivity contribution in [2.45, 2.75) is 31.4 Å². The van der Waals surface area contributed by atoms with Gasteiger partial charge in [0.25, 0.3) is 5.22 Å². The predicted molar refractivity (Wildman–Crippen MR) is 83.2 cm³/mol. The first kappa shape index (κ1) is 15.0. The van der Waals surface area contributed by atoms with Crippen LogP contribution in [0.2, 0.25) is 0 Å². The van der Waals surface area contributed by atoms with Gasteiger partial charge in [-0.1, -0.05) is 37.6 Å². The molecular weight excluding hydrogens is 324 g/mol. The summed E-state index contributed by atoms with van der Waals surface area (Å²) in [6.07, 6.45) is 1.44. The maximum Gasteiger partial charge on any atom is 0.345 e. The van der Waals surface area contributed by atoms with Gasteiger partial charge in [0.15, 0.2) is 5.13 Å². The second-order valence-electron chi connectivity index (χ2n) is 5.55. The maximum atomic E-state index is 11.9. The van der Waals surface area contributed by atoms with Crippen molar-refractivity contribution in [2.75, 3.05) is 11.1 Å². The Balaban J connectivity index is 1.56. The SMILES string of the molecule is CC(C)(C)c1csc(NC(=O)CSc2nn3cnnc3o2)n1. The number of aromatic nitrogens is 5. The summed E-state index contributed by atoms with van der Waals surface area (Å²) < 4.78 is 6.72. The molecule has 0 atom stereocenters. The van der Waals surface area contributed by atoms with Gasteiger partial charge in [-0.25, -0.2) is 4.98 Å². The van der Waals surface area contributed by atoms with E-state index >= 15 is 0 Å². The summed E-state index contributed by atoms with van der Waals surface area (Å²) in [5.41, 5.74) is 0.927. The molecule has 3 heterocycles. The molecule has 10 heteroatoms. The van der Waals surface area contributed by atoms with Crippen molar-refractivity contribution in [3.8, 4) is 0 Å². The molecule has 0 radical (unpaired) electrons. The van der Waals surface area contributed by atoms with Gasteiger partial charge < -0.3 is 9.73 Å². The molecule has 0 aliphatic carbocycles. The first-order valence-corrected chi connectivity index (χ1v) is 8.34. The smallest absolute Gasteiger partial charge is 0.345 e. The normalized spacial score (nSPS) is 12.0. The molecule has 0 unspecified atom stereocenters. The van der Waals surface area contributed by atoms with Crippen LogP contribution < -0.4 is 5.32 Å². The van der Waals surface area contributed by atoms with E-state index in [9.17, 15) is 4.79 Å². The zero-order chi connectivity index (χ0) is 15.7. The summed E-state index contributed by atoms with van der Waals surface area (Å²) in [4.78, 5) is 16.3. The largest absolute Gasteiger partial charge is 0.396 e. The number of carbonyl (C=O) groups excluding carboxylic acids is 1. The van der Waals surface area contributed by atoms with E-state index in [4.69, 9.17) is 4.42 Å². The number of nitrogens with one attached hydrogen (secondary N) is 1. The Morgan fingerprint density at radius 3 is 3.00 bits per heavy atom. The average molecular weight is 338 g/mol. The summed E-state index contributed by atoms with van der Waals surface area (Å²) >= 11 is 2.61. The van der Waals surface area contributed by atoms with E-state index < -0.39 is 0 Å². The van der Waals surface area contributed by atoms with Crippen molar-refractivity contribution in [3.63, 3.8) is 0 Å². The van der Waals surface area contributed by atoms with Gasteiger partial charge in [0.05, 0.1) is 11.4 Å². The number of fused-ring (bicyclic) bond motifs is 1. The van der Waals surface area contributed by atoms with Crippen LogP contribution in [0.4, 0.5) is 5.13 Å². The van der Waals surface area contributed by atoms with Gasteiger partial charge >= 0.3 is 5.84 Å². The van der Waals surface area contributed by atoms with E-state index in [1.54, 1.807) is 0 Å². The van der Waals surface area contributed by atoms with Crippen LogP contribution in [0.1, 0.15) is 26.5 Å². The molecule has 1 N–H and O–H groups in total. The Kier molecular flexibility index (Phi) is 3.87. The molecule has 0 saturated heterocycles. The number of hydrogen-bond donors (Lipinski definition) is 1. The standard InChI is InChI=1S/C12H14N6O2S2/c1-12(2,3)7-4-21-9(14-7)15-8(19)5-22-11-17-18-6-13-16-10(18)20-11/h4,6H,5H2,1-3H3,(H,14,15,19). The van der Waals surface area contributed by atoms with Crippen LogP contribution >= 0.6 is 23.1 Å². The number of hydrogen-bond acceptors (Lipinski definition) is 8. The fourth-order valence-electron chi connectivity index (χ4n) is 1.56. The van der Waals surface area contributed by atoms with Gasteiger partial charge in [-0.15, -0.1) is 21.5 Å². The topological polar surface area (TPSA) is 98.2 Å². The number of anilines is 1. The van der Waals surface area contributed by atoms with Gasteiger partial charge in [0.1, 0.15) is 6.33 Å². The summed E-state index contributed by atoms with van der Waals surface area (Å²) in [6, 6.07) is 0. The minimum absolute atomic E-state index is 0.0326. The van der Waals surface area contributed by atoms with E-state index in [1.165, 1.54) is 33.9 Å². The summed E-state index contributed by atoms with van der Waals surface area (Å²) in [6.45, 7) is 6.24.